The molecule has 0 atom stereocenters. The number of likely N-dealkylation sites (N-methyl/N-ethyl adjacent to an activating group) is 1. The molecule has 0 saturated carbocycles. The molecule has 8 heteroatoms. The zero-order valence-corrected chi connectivity index (χ0v) is 17.5. The molecule has 1 fully saturated rings. The standard InChI is InChI=1S/C21H19ClN2O4S/c1-3-27-18-11-13(10-15-19(25)23-21(29)24(2)20(15)26)8-9-17(18)28-12-14-6-4-5-7-16(14)22/h4-11H,3,12H2,1-2H3,(H,23,25,29)/b15-10+. The minimum Gasteiger partial charge on any atom is -0.490 e. The molecule has 0 aromatic heterocycles. The van der Waals surface area contributed by atoms with Crippen molar-refractivity contribution < 1.29 is 19.1 Å². The number of nitrogens with one attached hydrogen (secondary N) is 1. The van der Waals surface area contributed by atoms with Crippen LogP contribution in [0.15, 0.2) is 48.0 Å². The van der Waals surface area contributed by atoms with Crippen LogP contribution in [0, 0.1) is 0 Å². The number of halogens is 1. The molecule has 6 nitrogen and oxygen atoms in total. The molecule has 0 aliphatic carbocycles. The normalized spacial score (nSPS) is 15.5. The van der Waals surface area contributed by atoms with E-state index < -0.39 is 11.8 Å². The fraction of sp³-hybridized carbons (Fsp3) is 0.190. The van der Waals surface area contributed by atoms with Crippen LogP contribution in [-0.2, 0) is 16.2 Å². The Morgan fingerprint density at radius 1 is 1.14 bits per heavy atom. The second kappa shape index (κ2) is 9.07. The topological polar surface area (TPSA) is 67.9 Å². The van der Waals surface area contributed by atoms with Gasteiger partial charge in [0.1, 0.15) is 12.2 Å². The summed E-state index contributed by atoms with van der Waals surface area (Å²) >= 11 is 11.1. The zero-order valence-electron chi connectivity index (χ0n) is 15.9. The SMILES string of the molecule is CCOc1cc(/C=C2\C(=O)NC(=S)N(C)C2=O)ccc1OCc1ccccc1Cl. The van der Waals surface area contributed by atoms with E-state index in [1.165, 1.54) is 18.0 Å². The number of benzene rings is 2. The number of nitrogens with zero attached hydrogens (tertiary/aromatic N) is 1. The number of ether oxygens (including phenoxy) is 2. The smallest absolute Gasteiger partial charge is 0.265 e. The zero-order chi connectivity index (χ0) is 21.0. The summed E-state index contributed by atoms with van der Waals surface area (Å²) in [7, 11) is 1.51. The molecule has 1 aliphatic heterocycles. The largest absolute Gasteiger partial charge is 0.490 e. The number of hydrogen-bond donors (Lipinski definition) is 1. The van der Waals surface area contributed by atoms with E-state index in [4.69, 9.17) is 33.3 Å². The van der Waals surface area contributed by atoms with Gasteiger partial charge in [0.2, 0.25) is 0 Å². The number of rotatable bonds is 6. The van der Waals surface area contributed by atoms with E-state index in [1.54, 1.807) is 24.3 Å². The van der Waals surface area contributed by atoms with E-state index in [-0.39, 0.29) is 17.3 Å². The second-order valence-electron chi connectivity index (χ2n) is 6.20. The first-order chi connectivity index (χ1) is 13.9. The molecule has 1 heterocycles. The monoisotopic (exact) mass is 430 g/mol. The number of amides is 2. The maximum Gasteiger partial charge on any atom is 0.265 e. The molecule has 2 amide bonds. The fourth-order valence-corrected chi connectivity index (χ4v) is 3.05. The van der Waals surface area contributed by atoms with Gasteiger partial charge < -0.3 is 9.47 Å². The highest BCUT2D eigenvalue weighted by Crippen LogP contribution is 2.31. The van der Waals surface area contributed by atoms with Crippen LogP contribution < -0.4 is 14.8 Å². The summed E-state index contributed by atoms with van der Waals surface area (Å²) in [6.07, 6.45) is 1.50. The minimum absolute atomic E-state index is 0.00622. The third-order valence-electron chi connectivity index (χ3n) is 4.22. The van der Waals surface area contributed by atoms with Gasteiger partial charge >= 0.3 is 0 Å². The predicted octanol–water partition coefficient (Wildman–Crippen LogP) is 3.57. The lowest BCUT2D eigenvalue weighted by Crippen LogP contribution is -2.52. The van der Waals surface area contributed by atoms with Gasteiger partial charge in [0.25, 0.3) is 11.8 Å². The summed E-state index contributed by atoms with van der Waals surface area (Å²) in [6, 6.07) is 12.6. The average molecular weight is 431 g/mol. The number of carbonyl (C=O) groups is 2. The molecule has 2 aromatic carbocycles. The van der Waals surface area contributed by atoms with E-state index in [2.05, 4.69) is 5.32 Å². The Morgan fingerprint density at radius 2 is 1.90 bits per heavy atom. The van der Waals surface area contributed by atoms with Crippen LogP contribution in [-0.4, -0.2) is 35.5 Å². The molecule has 0 bridgehead atoms. The van der Waals surface area contributed by atoms with Gasteiger partial charge in [0, 0.05) is 17.6 Å². The highest BCUT2D eigenvalue weighted by Gasteiger charge is 2.30. The molecule has 1 saturated heterocycles. The first-order valence-electron chi connectivity index (χ1n) is 8.88. The van der Waals surface area contributed by atoms with E-state index >= 15 is 0 Å². The minimum atomic E-state index is -0.532. The van der Waals surface area contributed by atoms with Gasteiger partial charge in [-0.15, -0.1) is 0 Å². The summed E-state index contributed by atoms with van der Waals surface area (Å²) in [4.78, 5) is 25.7. The lowest BCUT2D eigenvalue weighted by Gasteiger charge is -2.25. The van der Waals surface area contributed by atoms with Crippen molar-refractivity contribution in [2.24, 2.45) is 0 Å². The number of thiocarbonyl (C=S) groups is 1. The Labute approximate surface area is 179 Å². The molecule has 2 aromatic rings. The maximum atomic E-state index is 12.4. The first kappa shape index (κ1) is 20.8. The second-order valence-corrected chi connectivity index (χ2v) is 6.99. The molecular weight excluding hydrogens is 412 g/mol. The molecule has 1 aliphatic rings. The van der Waals surface area contributed by atoms with Crippen molar-refractivity contribution in [1.29, 1.82) is 0 Å². The summed E-state index contributed by atoms with van der Waals surface area (Å²) in [5.74, 6) is 0.0407. The van der Waals surface area contributed by atoms with E-state index in [1.807, 2.05) is 25.1 Å². The van der Waals surface area contributed by atoms with E-state index in [0.29, 0.717) is 28.7 Å². The first-order valence-corrected chi connectivity index (χ1v) is 9.67. The van der Waals surface area contributed by atoms with Crippen molar-refractivity contribution in [3.8, 4) is 11.5 Å². The van der Waals surface area contributed by atoms with Crippen molar-refractivity contribution >= 4 is 46.8 Å². The van der Waals surface area contributed by atoms with Gasteiger partial charge in [0.05, 0.1) is 6.61 Å². The molecular formula is C21H19ClN2O4S. The van der Waals surface area contributed by atoms with Gasteiger partial charge in [-0.25, -0.2) is 0 Å². The number of hydrogen-bond acceptors (Lipinski definition) is 5. The quantitative estimate of drug-likeness (QED) is 0.431. The van der Waals surface area contributed by atoms with Gasteiger partial charge in [-0.1, -0.05) is 35.9 Å². The van der Waals surface area contributed by atoms with Crippen LogP contribution in [0.2, 0.25) is 5.02 Å². The van der Waals surface area contributed by atoms with Crippen molar-refractivity contribution in [2.45, 2.75) is 13.5 Å². The van der Waals surface area contributed by atoms with Gasteiger partial charge in [-0.2, -0.15) is 0 Å². The van der Waals surface area contributed by atoms with Crippen molar-refractivity contribution in [1.82, 2.24) is 10.2 Å². The molecule has 0 spiro atoms. The Hall–Kier alpha value is -2.90. The third kappa shape index (κ3) is 4.75. The number of carbonyl (C=O) groups excluding carboxylic acids is 2. The Morgan fingerprint density at radius 3 is 2.62 bits per heavy atom. The van der Waals surface area contributed by atoms with E-state index in [9.17, 15) is 9.59 Å². The molecule has 3 rings (SSSR count). The highest BCUT2D eigenvalue weighted by molar-refractivity contribution is 7.80. The third-order valence-corrected chi connectivity index (χ3v) is 4.97. The van der Waals surface area contributed by atoms with Crippen molar-refractivity contribution in [2.75, 3.05) is 13.7 Å². The van der Waals surface area contributed by atoms with Crippen LogP contribution in [0.3, 0.4) is 0 Å². The maximum absolute atomic E-state index is 12.4. The highest BCUT2D eigenvalue weighted by atomic mass is 35.5. The van der Waals surface area contributed by atoms with Gasteiger partial charge in [0.15, 0.2) is 16.6 Å². The van der Waals surface area contributed by atoms with Crippen molar-refractivity contribution in [3.63, 3.8) is 0 Å². The fourth-order valence-electron chi connectivity index (χ4n) is 2.69. The van der Waals surface area contributed by atoms with Crippen LogP contribution in [0.4, 0.5) is 0 Å². The summed E-state index contributed by atoms with van der Waals surface area (Å²) in [5, 5.41) is 3.19. The average Bonchev–Trinajstić information content (AvgIpc) is 2.70. The van der Waals surface area contributed by atoms with Crippen LogP contribution in [0.25, 0.3) is 6.08 Å². The van der Waals surface area contributed by atoms with Gasteiger partial charge in [-0.05, 0) is 49.0 Å². The Kier molecular flexibility index (Phi) is 6.51. The molecule has 150 valence electrons. The lowest BCUT2D eigenvalue weighted by atomic mass is 10.1. The van der Waals surface area contributed by atoms with Crippen LogP contribution in [0.1, 0.15) is 18.1 Å². The molecule has 29 heavy (non-hydrogen) atoms. The van der Waals surface area contributed by atoms with Crippen LogP contribution in [0.5, 0.6) is 11.5 Å². The molecule has 1 N–H and O–H groups in total. The Bertz CT molecular complexity index is 1010. The Balaban J connectivity index is 1.86. The van der Waals surface area contributed by atoms with Crippen LogP contribution >= 0.6 is 23.8 Å². The van der Waals surface area contributed by atoms with Gasteiger partial charge in [-0.3, -0.25) is 19.8 Å². The molecule has 0 radical (unpaired) electrons. The predicted molar refractivity (Wildman–Crippen MR) is 115 cm³/mol. The summed E-state index contributed by atoms with van der Waals surface area (Å²) in [5.41, 5.74) is 1.47. The van der Waals surface area contributed by atoms with E-state index in [0.717, 1.165) is 5.56 Å². The summed E-state index contributed by atoms with van der Waals surface area (Å²) < 4.78 is 11.5. The molecule has 0 unspecified atom stereocenters. The van der Waals surface area contributed by atoms with Crippen molar-refractivity contribution in [3.05, 3.63) is 64.2 Å². The lowest BCUT2D eigenvalue weighted by molar-refractivity contribution is -0.128. The summed E-state index contributed by atoms with van der Waals surface area (Å²) in [6.45, 7) is 2.57.